The first-order valence-corrected chi connectivity index (χ1v) is 8.46. The van der Waals surface area contributed by atoms with Crippen LogP contribution in [0, 0.1) is 12.7 Å². The predicted octanol–water partition coefficient (Wildman–Crippen LogP) is 3.56. The number of piperidine rings is 1. The van der Waals surface area contributed by atoms with E-state index in [1.54, 1.807) is 6.07 Å². The van der Waals surface area contributed by atoms with Crippen molar-refractivity contribution in [1.29, 1.82) is 0 Å². The molecule has 0 unspecified atom stereocenters. The predicted molar refractivity (Wildman–Crippen MR) is 91.4 cm³/mol. The molecule has 2 aromatic heterocycles. The van der Waals surface area contributed by atoms with Gasteiger partial charge in [-0.1, -0.05) is 18.2 Å². The van der Waals surface area contributed by atoms with Gasteiger partial charge >= 0.3 is 0 Å². The minimum Gasteiger partial charge on any atom is -0.299 e. The zero-order chi connectivity index (χ0) is 16.5. The molecule has 3 aromatic rings. The standard InChI is InChI=1S/C19H21FN4/c1-14-22-11-17-10-21-12-19(24(14)17)15-6-8-23(9-7-15)13-16-4-2-3-5-18(16)20/h2-5,10-12,15H,6-9,13H2,1H3. The summed E-state index contributed by atoms with van der Waals surface area (Å²) in [7, 11) is 0. The summed E-state index contributed by atoms with van der Waals surface area (Å²) in [6.45, 7) is 4.67. The number of hydrogen-bond donors (Lipinski definition) is 0. The highest BCUT2D eigenvalue weighted by Crippen LogP contribution is 2.29. The molecule has 0 saturated carbocycles. The van der Waals surface area contributed by atoms with Gasteiger partial charge in [-0.15, -0.1) is 0 Å². The molecule has 0 atom stereocenters. The lowest BCUT2D eigenvalue weighted by Gasteiger charge is -2.32. The number of halogens is 1. The van der Waals surface area contributed by atoms with Crippen LogP contribution < -0.4 is 0 Å². The maximum atomic E-state index is 13.8. The van der Waals surface area contributed by atoms with Crippen molar-refractivity contribution in [3.8, 4) is 0 Å². The quantitative estimate of drug-likeness (QED) is 0.739. The number of hydrogen-bond acceptors (Lipinski definition) is 3. The molecule has 4 rings (SSSR count). The molecular weight excluding hydrogens is 303 g/mol. The Balaban J connectivity index is 1.48. The third-order valence-electron chi connectivity index (χ3n) is 4.99. The van der Waals surface area contributed by atoms with E-state index < -0.39 is 0 Å². The lowest BCUT2D eigenvalue weighted by Crippen LogP contribution is -2.33. The molecule has 0 bridgehead atoms. The van der Waals surface area contributed by atoms with Crippen molar-refractivity contribution in [2.45, 2.75) is 32.2 Å². The van der Waals surface area contributed by atoms with Gasteiger partial charge in [0.15, 0.2) is 0 Å². The molecule has 1 fully saturated rings. The number of aromatic nitrogens is 3. The maximum Gasteiger partial charge on any atom is 0.127 e. The smallest absolute Gasteiger partial charge is 0.127 e. The van der Waals surface area contributed by atoms with Gasteiger partial charge in [0.05, 0.1) is 17.9 Å². The van der Waals surface area contributed by atoms with Crippen molar-refractivity contribution >= 4 is 5.52 Å². The zero-order valence-electron chi connectivity index (χ0n) is 13.8. The molecule has 0 radical (unpaired) electrons. The van der Waals surface area contributed by atoms with Gasteiger partial charge in [0.25, 0.3) is 0 Å². The van der Waals surface area contributed by atoms with Gasteiger partial charge < -0.3 is 0 Å². The highest BCUT2D eigenvalue weighted by atomic mass is 19.1. The van der Waals surface area contributed by atoms with Crippen LogP contribution in [0.1, 0.15) is 35.8 Å². The summed E-state index contributed by atoms with van der Waals surface area (Å²) in [6.07, 6.45) is 7.83. The van der Waals surface area contributed by atoms with E-state index in [0.29, 0.717) is 12.5 Å². The second-order valence-electron chi connectivity index (χ2n) is 6.54. The van der Waals surface area contributed by atoms with Crippen molar-refractivity contribution in [3.05, 3.63) is 65.8 Å². The molecule has 0 spiro atoms. The topological polar surface area (TPSA) is 33.4 Å². The number of imidazole rings is 1. The van der Waals surface area contributed by atoms with Crippen molar-refractivity contribution in [2.75, 3.05) is 13.1 Å². The Morgan fingerprint density at radius 3 is 2.71 bits per heavy atom. The first-order chi connectivity index (χ1) is 11.7. The summed E-state index contributed by atoms with van der Waals surface area (Å²) >= 11 is 0. The average Bonchev–Trinajstić information content (AvgIpc) is 2.99. The van der Waals surface area contributed by atoms with Crippen LogP contribution in [0.25, 0.3) is 5.52 Å². The normalized spacial score (nSPS) is 16.8. The van der Waals surface area contributed by atoms with Crippen molar-refractivity contribution in [3.63, 3.8) is 0 Å². The van der Waals surface area contributed by atoms with Gasteiger partial charge in [-0.3, -0.25) is 14.3 Å². The summed E-state index contributed by atoms with van der Waals surface area (Å²) in [5.74, 6) is 1.38. The van der Waals surface area contributed by atoms with E-state index in [2.05, 4.69) is 19.3 Å². The highest BCUT2D eigenvalue weighted by Gasteiger charge is 2.23. The van der Waals surface area contributed by atoms with Gasteiger partial charge in [-0.25, -0.2) is 9.37 Å². The Morgan fingerprint density at radius 2 is 1.92 bits per heavy atom. The molecule has 0 N–H and O–H groups in total. The Kier molecular flexibility index (Phi) is 4.02. The van der Waals surface area contributed by atoms with Crippen LogP contribution >= 0.6 is 0 Å². The molecule has 24 heavy (non-hydrogen) atoms. The summed E-state index contributed by atoms with van der Waals surface area (Å²) in [4.78, 5) is 11.1. The van der Waals surface area contributed by atoms with Crippen molar-refractivity contribution < 1.29 is 4.39 Å². The Hall–Kier alpha value is -2.27. The van der Waals surface area contributed by atoms with E-state index >= 15 is 0 Å². The minimum atomic E-state index is -0.109. The van der Waals surface area contributed by atoms with E-state index in [-0.39, 0.29) is 5.82 Å². The number of aryl methyl sites for hydroxylation is 1. The van der Waals surface area contributed by atoms with E-state index in [4.69, 9.17) is 0 Å². The molecule has 4 nitrogen and oxygen atoms in total. The first kappa shape index (κ1) is 15.3. The summed E-state index contributed by atoms with van der Waals surface area (Å²) in [5, 5.41) is 0. The van der Waals surface area contributed by atoms with Crippen LogP contribution in [-0.4, -0.2) is 32.4 Å². The molecule has 1 aromatic carbocycles. The van der Waals surface area contributed by atoms with Gasteiger partial charge in [-0.2, -0.15) is 0 Å². The van der Waals surface area contributed by atoms with E-state index in [1.165, 1.54) is 11.8 Å². The fourth-order valence-electron chi connectivity index (χ4n) is 3.68. The molecule has 1 aliphatic heterocycles. The number of fused-ring (bicyclic) bond motifs is 1. The van der Waals surface area contributed by atoms with E-state index in [9.17, 15) is 4.39 Å². The molecule has 124 valence electrons. The molecule has 1 aliphatic rings. The fraction of sp³-hybridized carbons (Fsp3) is 0.368. The van der Waals surface area contributed by atoms with Crippen LogP contribution in [0.15, 0.2) is 42.9 Å². The van der Waals surface area contributed by atoms with Crippen LogP contribution in [0.3, 0.4) is 0 Å². The van der Waals surface area contributed by atoms with E-state index in [0.717, 1.165) is 42.8 Å². The van der Waals surface area contributed by atoms with Gasteiger partial charge in [-0.05, 0) is 38.9 Å². The monoisotopic (exact) mass is 324 g/mol. The molecule has 0 aliphatic carbocycles. The minimum absolute atomic E-state index is 0.109. The highest BCUT2D eigenvalue weighted by molar-refractivity contribution is 5.45. The lowest BCUT2D eigenvalue weighted by atomic mass is 9.93. The van der Waals surface area contributed by atoms with Crippen LogP contribution in [0.5, 0.6) is 0 Å². The summed E-state index contributed by atoms with van der Waals surface area (Å²) in [6, 6.07) is 7.06. The zero-order valence-corrected chi connectivity index (χ0v) is 13.8. The summed E-state index contributed by atoms with van der Waals surface area (Å²) in [5.41, 5.74) is 3.08. The van der Waals surface area contributed by atoms with Gasteiger partial charge in [0.1, 0.15) is 11.6 Å². The average molecular weight is 324 g/mol. The second-order valence-corrected chi connectivity index (χ2v) is 6.54. The number of rotatable bonds is 3. The Morgan fingerprint density at radius 1 is 1.12 bits per heavy atom. The maximum absolute atomic E-state index is 13.8. The lowest BCUT2D eigenvalue weighted by molar-refractivity contribution is 0.200. The van der Waals surface area contributed by atoms with Crippen LogP contribution in [-0.2, 0) is 6.54 Å². The summed E-state index contributed by atoms with van der Waals surface area (Å²) < 4.78 is 16.0. The second kappa shape index (κ2) is 6.32. The Labute approximate surface area is 141 Å². The van der Waals surface area contributed by atoms with Crippen LogP contribution in [0.2, 0.25) is 0 Å². The number of nitrogens with zero attached hydrogens (tertiary/aromatic N) is 4. The van der Waals surface area contributed by atoms with Crippen LogP contribution in [0.4, 0.5) is 4.39 Å². The Bertz CT molecular complexity index is 849. The SMILES string of the molecule is Cc1ncc2cncc(C3CCN(Cc4ccccc4F)CC3)n12. The number of benzene rings is 1. The van der Waals surface area contributed by atoms with Crippen molar-refractivity contribution in [1.82, 2.24) is 19.3 Å². The molecule has 5 heteroatoms. The third-order valence-corrected chi connectivity index (χ3v) is 4.99. The first-order valence-electron chi connectivity index (χ1n) is 8.46. The molecule has 3 heterocycles. The fourth-order valence-corrected chi connectivity index (χ4v) is 3.68. The van der Waals surface area contributed by atoms with E-state index in [1.807, 2.05) is 37.6 Å². The molecule has 0 amide bonds. The van der Waals surface area contributed by atoms with Gasteiger partial charge in [0.2, 0.25) is 0 Å². The molecule has 1 saturated heterocycles. The number of likely N-dealkylation sites (tertiary alicyclic amines) is 1. The largest absolute Gasteiger partial charge is 0.299 e. The molecular formula is C19H21FN4. The van der Waals surface area contributed by atoms with Crippen molar-refractivity contribution in [2.24, 2.45) is 0 Å². The van der Waals surface area contributed by atoms with Gasteiger partial charge in [0, 0.05) is 29.9 Å². The third kappa shape index (κ3) is 2.80.